The maximum atomic E-state index is 13.3. The van der Waals surface area contributed by atoms with Gasteiger partial charge in [-0.3, -0.25) is 0 Å². The Bertz CT molecular complexity index is 543. The summed E-state index contributed by atoms with van der Waals surface area (Å²) in [6, 6.07) is 5.36. The van der Waals surface area contributed by atoms with E-state index in [1.807, 2.05) is 0 Å². The van der Waals surface area contributed by atoms with Crippen LogP contribution in [-0.2, 0) is 6.54 Å². The van der Waals surface area contributed by atoms with E-state index >= 15 is 0 Å². The summed E-state index contributed by atoms with van der Waals surface area (Å²) in [5.41, 5.74) is 1.83. The molecular weight excluding hydrogens is 217 g/mol. The molecule has 0 amide bonds. The summed E-state index contributed by atoms with van der Waals surface area (Å²) >= 11 is 0. The summed E-state index contributed by atoms with van der Waals surface area (Å²) in [6.45, 7) is 3.75. The van der Waals surface area contributed by atoms with Crippen molar-refractivity contribution in [2.75, 3.05) is 6.54 Å². The first-order valence-electron chi connectivity index (χ1n) is 6.16. The molecule has 1 aliphatic carbocycles. The van der Waals surface area contributed by atoms with Crippen molar-refractivity contribution in [3.8, 4) is 0 Å². The largest absolute Gasteiger partial charge is 0.324 e. The summed E-state index contributed by atoms with van der Waals surface area (Å²) in [7, 11) is 0. The van der Waals surface area contributed by atoms with Gasteiger partial charge >= 0.3 is 0 Å². The summed E-state index contributed by atoms with van der Waals surface area (Å²) < 4.78 is 15.5. The number of rotatable bonds is 4. The van der Waals surface area contributed by atoms with Crippen LogP contribution in [0.15, 0.2) is 18.2 Å². The van der Waals surface area contributed by atoms with E-state index < -0.39 is 0 Å². The van der Waals surface area contributed by atoms with Gasteiger partial charge in [-0.05, 0) is 37.6 Å². The average Bonchev–Trinajstić information content (AvgIpc) is 3.08. The molecule has 0 radical (unpaired) electrons. The Balaban J connectivity index is 2.10. The van der Waals surface area contributed by atoms with Gasteiger partial charge in [-0.15, -0.1) is 0 Å². The minimum Gasteiger partial charge on any atom is -0.324 e. The van der Waals surface area contributed by atoms with Gasteiger partial charge in [0, 0.05) is 6.04 Å². The Kier molecular flexibility index (Phi) is 2.59. The lowest BCUT2D eigenvalue weighted by Crippen LogP contribution is -2.16. The lowest BCUT2D eigenvalue weighted by Gasteiger charge is -2.07. The second kappa shape index (κ2) is 4.11. The van der Waals surface area contributed by atoms with Crippen LogP contribution in [0.25, 0.3) is 11.0 Å². The first kappa shape index (κ1) is 10.7. The second-order valence-corrected chi connectivity index (χ2v) is 4.54. The standard InChI is InChI=1S/C13H16FN3/c1-2-15-8-13-16-11-6-3-9(14)7-12(11)17(13)10-4-5-10/h3,6-7,10,15H,2,4-5,8H2,1H3. The van der Waals surface area contributed by atoms with E-state index in [1.165, 1.54) is 18.9 Å². The zero-order chi connectivity index (χ0) is 11.8. The van der Waals surface area contributed by atoms with E-state index in [0.29, 0.717) is 6.04 Å². The molecule has 3 nitrogen and oxygen atoms in total. The monoisotopic (exact) mass is 233 g/mol. The topological polar surface area (TPSA) is 29.9 Å². The van der Waals surface area contributed by atoms with Crippen molar-refractivity contribution in [2.45, 2.75) is 32.4 Å². The van der Waals surface area contributed by atoms with Gasteiger partial charge < -0.3 is 9.88 Å². The molecule has 17 heavy (non-hydrogen) atoms. The van der Waals surface area contributed by atoms with Crippen LogP contribution in [0.5, 0.6) is 0 Å². The maximum Gasteiger partial charge on any atom is 0.125 e. The fourth-order valence-electron chi connectivity index (χ4n) is 2.22. The summed E-state index contributed by atoms with van der Waals surface area (Å²) in [5.74, 6) is 0.837. The van der Waals surface area contributed by atoms with Gasteiger partial charge in [0.2, 0.25) is 0 Å². The third-order valence-corrected chi connectivity index (χ3v) is 3.17. The molecule has 3 rings (SSSR count). The predicted molar refractivity (Wildman–Crippen MR) is 65.3 cm³/mol. The number of halogens is 1. The van der Waals surface area contributed by atoms with Crippen molar-refractivity contribution in [1.82, 2.24) is 14.9 Å². The maximum absolute atomic E-state index is 13.3. The first-order chi connectivity index (χ1) is 8.29. The molecule has 1 saturated carbocycles. The van der Waals surface area contributed by atoms with Gasteiger partial charge in [0.1, 0.15) is 11.6 Å². The molecule has 1 N–H and O–H groups in total. The molecule has 0 spiro atoms. The van der Waals surface area contributed by atoms with Crippen LogP contribution in [-0.4, -0.2) is 16.1 Å². The number of hydrogen-bond donors (Lipinski definition) is 1. The summed E-state index contributed by atoms with van der Waals surface area (Å²) in [5, 5.41) is 3.29. The minimum atomic E-state index is -0.186. The van der Waals surface area contributed by atoms with E-state index in [9.17, 15) is 4.39 Å². The van der Waals surface area contributed by atoms with E-state index in [2.05, 4.69) is 21.8 Å². The zero-order valence-electron chi connectivity index (χ0n) is 9.91. The smallest absolute Gasteiger partial charge is 0.125 e. The lowest BCUT2D eigenvalue weighted by molar-refractivity contribution is 0.620. The van der Waals surface area contributed by atoms with Crippen LogP contribution in [0.1, 0.15) is 31.6 Å². The average molecular weight is 233 g/mol. The Morgan fingerprint density at radius 2 is 2.29 bits per heavy atom. The Morgan fingerprint density at radius 1 is 1.47 bits per heavy atom. The van der Waals surface area contributed by atoms with E-state index in [-0.39, 0.29) is 5.82 Å². The van der Waals surface area contributed by atoms with Crippen molar-refractivity contribution in [1.29, 1.82) is 0 Å². The van der Waals surface area contributed by atoms with Crippen molar-refractivity contribution in [3.05, 3.63) is 29.8 Å². The van der Waals surface area contributed by atoms with Gasteiger partial charge in [-0.1, -0.05) is 6.92 Å². The van der Waals surface area contributed by atoms with Crippen LogP contribution < -0.4 is 5.32 Å². The summed E-state index contributed by atoms with van der Waals surface area (Å²) in [6.07, 6.45) is 2.36. The quantitative estimate of drug-likeness (QED) is 0.879. The molecule has 0 saturated heterocycles. The highest BCUT2D eigenvalue weighted by atomic mass is 19.1. The molecule has 4 heteroatoms. The molecule has 1 heterocycles. The van der Waals surface area contributed by atoms with Crippen molar-refractivity contribution in [3.63, 3.8) is 0 Å². The normalized spacial score (nSPS) is 15.6. The zero-order valence-corrected chi connectivity index (χ0v) is 9.91. The van der Waals surface area contributed by atoms with Gasteiger partial charge in [-0.25, -0.2) is 9.37 Å². The molecule has 90 valence electrons. The number of aromatic nitrogens is 2. The molecule has 1 fully saturated rings. The van der Waals surface area contributed by atoms with E-state index in [1.54, 1.807) is 12.1 Å². The molecule has 0 bridgehead atoms. The number of fused-ring (bicyclic) bond motifs is 1. The highest BCUT2D eigenvalue weighted by Gasteiger charge is 2.28. The first-order valence-corrected chi connectivity index (χ1v) is 6.16. The van der Waals surface area contributed by atoms with Crippen LogP contribution in [0.2, 0.25) is 0 Å². The second-order valence-electron chi connectivity index (χ2n) is 4.54. The van der Waals surface area contributed by atoms with Gasteiger partial charge in [0.25, 0.3) is 0 Å². The number of imidazole rings is 1. The minimum absolute atomic E-state index is 0.186. The van der Waals surface area contributed by atoms with Crippen molar-refractivity contribution >= 4 is 11.0 Å². The van der Waals surface area contributed by atoms with Gasteiger partial charge in [0.05, 0.1) is 17.6 Å². The van der Waals surface area contributed by atoms with Gasteiger partial charge in [-0.2, -0.15) is 0 Å². The SMILES string of the molecule is CCNCc1nc2ccc(F)cc2n1C1CC1. The van der Waals surface area contributed by atoms with Gasteiger partial charge in [0.15, 0.2) is 0 Å². The molecule has 1 aromatic carbocycles. The number of hydrogen-bond acceptors (Lipinski definition) is 2. The van der Waals surface area contributed by atoms with Crippen molar-refractivity contribution < 1.29 is 4.39 Å². The van der Waals surface area contributed by atoms with Crippen molar-refractivity contribution in [2.24, 2.45) is 0 Å². The highest BCUT2D eigenvalue weighted by molar-refractivity contribution is 5.76. The molecule has 0 atom stereocenters. The predicted octanol–water partition coefficient (Wildman–Crippen LogP) is 2.62. The Hall–Kier alpha value is -1.42. The molecule has 0 unspecified atom stereocenters. The molecular formula is C13H16FN3. The molecule has 1 aliphatic rings. The number of nitrogens with zero attached hydrogens (tertiary/aromatic N) is 2. The van der Waals surface area contributed by atoms with Crippen LogP contribution in [0.3, 0.4) is 0 Å². The third kappa shape index (κ3) is 1.93. The van der Waals surface area contributed by atoms with E-state index in [0.717, 1.165) is 29.9 Å². The Labute approximate surface area is 99.7 Å². The highest BCUT2D eigenvalue weighted by Crippen LogP contribution is 2.38. The molecule has 2 aromatic rings. The van der Waals surface area contributed by atoms with Crippen LogP contribution in [0, 0.1) is 5.82 Å². The number of nitrogens with one attached hydrogen (secondary N) is 1. The number of benzene rings is 1. The summed E-state index contributed by atoms with van der Waals surface area (Å²) in [4.78, 5) is 4.59. The molecule has 0 aliphatic heterocycles. The third-order valence-electron chi connectivity index (χ3n) is 3.17. The van der Waals surface area contributed by atoms with Crippen LogP contribution >= 0.6 is 0 Å². The fourth-order valence-corrected chi connectivity index (χ4v) is 2.22. The van der Waals surface area contributed by atoms with Crippen LogP contribution in [0.4, 0.5) is 4.39 Å². The van der Waals surface area contributed by atoms with E-state index in [4.69, 9.17) is 0 Å². The fraction of sp³-hybridized carbons (Fsp3) is 0.462. The molecule has 1 aromatic heterocycles. The lowest BCUT2D eigenvalue weighted by atomic mass is 10.3. The Morgan fingerprint density at radius 3 is 3.00 bits per heavy atom.